The lowest BCUT2D eigenvalue weighted by Gasteiger charge is -2.14. The zero-order valence-electron chi connectivity index (χ0n) is 15.1. The van der Waals surface area contributed by atoms with Crippen LogP contribution in [0.5, 0.6) is 11.5 Å². The fraction of sp³-hybridized carbons (Fsp3) is 0.471. The Morgan fingerprint density at radius 3 is 2.76 bits per heavy atom. The number of anilines is 1. The highest BCUT2D eigenvalue weighted by atomic mass is 16.5. The van der Waals surface area contributed by atoms with Gasteiger partial charge in [0.1, 0.15) is 0 Å². The Morgan fingerprint density at radius 1 is 1.28 bits per heavy atom. The van der Waals surface area contributed by atoms with Crippen molar-refractivity contribution in [3.05, 3.63) is 29.9 Å². The molecule has 0 aliphatic heterocycles. The number of hydrogen-bond donors (Lipinski definition) is 2. The number of aryl methyl sites for hydroxylation is 1. The summed E-state index contributed by atoms with van der Waals surface area (Å²) in [6, 6.07) is 5.66. The van der Waals surface area contributed by atoms with Crippen LogP contribution < -0.4 is 20.1 Å². The number of guanidine groups is 1. The van der Waals surface area contributed by atoms with Crippen LogP contribution in [0.3, 0.4) is 0 Å². The number of nitrogens with one attached hydrogen (secondary N) is 2. The van der Waals surface area contributed by atoms with E-state index < -0.39 is 0 Å². The van der Waals surface area contributed by atoms with Crippen molar-refractivity contribution in [2.45, 2.75) is 27.2 Å². The number of hydrogen-bond acceptors (Lipinski definition) is 6. The minimum Gasteiger partial charge on any atom is -0.493 e. The van der Waals surface area contributed by atoms with Gasteiger partial charge in [-0.15, -0.1) is 0 Å². The highest BCUT2D eigenvalue weighted by Crippen LogP contribution is 2.30. The van der Waals surface area contributed by atoms with Crippen molar-refractivity contribution in [3.8, 4) is 11.5 Å². The lowest BCUT2D eigenvalue weighted by molar-refractivity contribution is 0.311. The fourth-order valence-corrected chi connectivity index (χ4v) is 2.17. The summed E-state index contributed by atoms with van der Waals surface area (Å²) in [7, 11) is 1.62. The predicted molar refractivity (Wildman–Crippen MR) is 96.5 cm³/mol. The summed E-state index contributed by atoms with van der Waals surface area (Å²) in [6.45, 7) is 7.61. The number of ether oxygens (including phenoxy) is 2. The van der Waals surface area contributed by atoms with E-state index in [1.54, 1.807) is 14.0 Å². The third kappa shape index (κ3) is 5.66. The molecule has 2 rings (SSSR count). The first-order valence-corrected chi connectivity index (χ1v) is 8.31. The summed E-state index contributed by atoms with van der Waals surface area (Å²) in [5.74, 6) is 3.27. The largest absolute Gasteiger partial charge is 0.493 e. The van der Waals surface area contributed by atoms with Gasteiger partial charge in [0.15, 0.2) is 23.3 Å². The molecule has 0 unspecified atom stereocenters. The van der Waals surface area contributed by atoms with Crippen molar-refractivity contribution in [1.29, 1.82) is 0 Å². The lowest BCUT2D eigenvalue weighted by Crippen LogP contribution is -2.30. The third-order valence-electron chi connectivity index (χ3n) is 3.24. The first kappa shape index (κ1) is 18.6. The Bertz CT molecular complexity index is 699. The Hall–Kier alpha value is -2.77. The summed E-state index contributed by atoms with van der Waals surface area (Å²) in [5.41, 5.74) is 0.855. The van der Waals surface area contributed by atoms with Gasteiger partial charge in [0.05, 0.1) is 20.3 Å². The summed E-state index contributed by atoms with van der Waals surface area (Å²) in [4.78, 5) is 8.69. The molecule has 136 valence electrons. The quantitative estimate of drug-likeness (QED) is 0.559. The number of methoxy groups -OCH3 is 1. The first-order valence-electron chi connectivity index (χ1n) is 8.31. The number of aliphatic imine (C=N–C) groups is 1. The monoisotopic (exact) mass is 347 g/mol. The molecule has 8 nitrogen and oxygen atoms in total. The van der Waals surface area contributed by atoms with Crippen LogP contribution in [-0.2, 0) is 6.42 Å². The normalized spacial score (nSPS) is 11.3. The second-order valence-corrected chi connectivity index (χ2v) is 5.17. The van der Waals surface area contributed by atoms with E-state index in [0.717, 1.165) is 12.2 Å². The molecule has 0 aliphatic carbocycles. The molecule has 8 heteroatoms. The molecule has 0 radical (unpaired) electrons. The van der Waals surface area contributed by atoms with Gasteiger partial charge >= 0.3 is 0 Å². The SMILES string of the molecule is CCNC(=NCCc1nc(C)no1)Nc1ccc(OCC)c(OC)c1. The van der Waals surface area contributed by atoms with Crippen molar-refractivity contribution >= 4 is 11.6 Å². The number of nitrogens with zero attached hydrogens (tertiary/aromatic N) is 3. The highest BCUT2D eigenvalue weighted by molar-refractivity contribution is 5.93. The van der Waals surface area contributed by atoms with Gasteiger partial charge in [0.2, 0.25) is 5.89 Å². The van der Waals surface area contributed by atoms with E-state index in [1.807, 2.05) is 32.0 Å². The molecule has 0 saturated carbocycles. The van der Waals surface area contributed by atoms with E-state index >= 15 is 0 Å². The topological polar surface area (TPSA) is 93.8 Å². The Kier molecular flexibility index (Phi) is 7.06. The maximum absolute atomic E-state index is 5.53. The summed E-state index contributed by atoms with van der Waals surface area (Å²) < 4.78 is 16.0. The average Bonchev–Trinajstić information content (AvgIpc) is 3.02. The number of benzene rings is 1. The standard InChI is InChI=1S/C17H25N5O3/c1-5-18-17(19-10-9-16-20-12(3)22-25-16)21-13-7-8-14(24-6-2)15(11-13)23-4/h7-8,11H,5-6,9-10H2,1-4H3,(H2,18,19,21). The van der Waals surface area contributed by atoms with Gasteiger partial charge in [-0.1, -0.05) is 5.16 Å². The van der Waals surface area contributed by atoms with Gasteiger partial charge < -0.3 is 24.6 Å². The molecule has 25 heavy (non-hydrogen) atoms. The molecule has 0 fully saturated rings. The van der Waals surface area contributed by atoms with E-state index in [9.17, 15) is 0 Å². The van der Waals surface area contributed by atoms with Crippen LogP contribution in [0.2, 0.25) is 0 Å². The van der Waals surface area contributed by atoms with Crippen molar-refractivity contribution in [2.24, 2.45) is 4.99 Å². The Morgan fingerprint density at radius 2 is 2.12 bits per heavy atom. The zero-order chi connectivity index (χ0) is 18.1. The molecule has 0 saturated heterocycles. The Labute approximate surface area is 147 Å². The summed E-state index contributed by atoms with van der Waals surface area (Å²) >= 11 is 0. The van der Waals surface area contributed by atoms with Crippen LogP contribution in [0.25, 0.3) is 0 Å². The smallest absolute Gasteiger partial charge is 0.228 e. The summed E-state index contributed by atoms with van der Waals surface area (Å²) in [6.07, 6.45) is 0.587. The molecule has 2 N–H and O–H groups in total. The van der Waals surface area contributed by atoms with Gasteiger partial charge in [0.25, 0.3) is 0 Å². The zero-order valence-corrected chi connectivity index (χ0v) is 15.1. The maximum Gasteiger partial charge on any atom is 0.228 e. The molecule has 0 atom stereocenters. The van der Waals surface area contributed by atoms with Crippen LogP contribution in [0.1, 0.15) is 25.6 Å². The second-order valence-electron chi connectivity index (χ2n) is 5.17. The average molecular weight is 347 g/mol. The molecule has 0 spiro atoms. The molecule has 1 heterocycles. The molecular formula is C17H25N5O3. The van der Waals surface area contributed by atoms with Crippen molar-refractivity contribution in [1.82, 2.24) is 15.5 Å². The van der Waals surface area contributed by atoms with Gasteiger partial charge in [-0.25, -0.2) is 0 Å². The number of aromatic nitrogens is 2. The molecular weight excluding hydrogens is 322 g/mol. The van der Waals surface area contributed by atoms with Gasteiger partial charge in [-0.05, 0) is 32.9 Å². The van der Waals surface area contributed by atoms with E-state index in [0.29, 0.717) is 48.7 Å². The molecule has 1 aromatic heterocycles. The molecule has 0 aliphatic rings. The molecule has 0 amide bonds. The molecule has 1 aromatic carbocycles. The second kappa shape index (κ2) is 9.51. The van der Waals surface area contributed by atoms with Crippen LogP contribution in [0.15, 0.2) is 27.7 Å². The first-order chi connectivity index (χ1) is 12.2. The minimum absolute atomic E-state index is 0.533. The van der Waals surface area contributed by atoms with E-state index in [4.69, 9.17) is 14.0 Å². The van der Waals surface area contributed by atoms with Crippen LogP contribution in [0.4, 0.5) is 5.69 Å². The maximum atomic E-state index is 5.53. The van der Waals surface area contributed by atoms with Crippen molar-refractivity contribution in [2.75, 3.05) is 32.1 Å². The van der Waals surface area contributed by atoms with Crippen molar-refractivity contribution < 1.29 is 14.0 Å². The minimum atomic E-state index is 0.533. The lowest BCUT2D eigenvalue weighted by atomic mass is 10.2. The van der Waals surface area contributed by atoms with E-state index in [-0.39, 0.29) is 0 Å². The third-order valence-corrected chi connectivity index (χ3v) is 3.24. The van der Waals surface area contributed by atoms with E-state index in [1.165, 1.54) is 0 Å². The van der Waals surface area contributed by atoms with Gasteiger partial charge in [-0.3, -0.25) is 4.99 Å². The van der Waals surface area contributed by atoms with Crippen LogP contribution in [-0.4, -0.2) is 42.9 Å². The van der Waals surface area contributed by atoms with Crippen LogP contribution >= 0.6 is 0 Å². The van der Waals surface area contributed by atoms with Gasteiger partial charge in [0, 0.05) is 24.7 Å². The predicted octanol–water partition coefficient (Wildman–Crippen LogP) is 2.41. The van der Waals surface area contributed by atoms with Gasteiger partial charge in [-0.2, -0.15) is 4.98 Å². The van der Waals surface area contributed by atoms with E-state index in [2.05, 4.69) is 25.8 Å². The number of rotatable bonds is 8. The Balaban J connectivity index is 2.03. The fourth-order valence-electron chi connectivity index (χ4n) is 2.17. The summed E-state index contributed by atoms with van der Waals surface area (Å²) in [5, 5.41) is 10.2. The highest BCUT2D eigenvalue weighted by Gasteiger charge is 2.07. The van der Waals surface area contributed by atoms with Crippen LogP contribution in [0, 0.1) is 6.92 Å². The molecule has 2 aromatic rings. The van der Waals surface area contributed by atoms with Crippen molar-refractivity contribution in [3.63, 3.8) is 0 Å². The molecule has 0 bridgehead atoms.